The Kier molecular flexibility index (Phi) is 6.69. The topological polar surface area (TPSA) is 155 Å². The van der Waals surface area contributed by atoms with Crippen LogP contribution in [0.5, 0.6) is 5.88 Å². The second kappa shape index (κ2) is 10.2. The number of aromatic nitrogens is 7. The summed E-state index contributed by atoms with van der Waals surface area (Å²) in [5.74, 6) is 1.27. The highest BCUT2D eigenvalue weighted by molar-refractivity contribution is 7.91. The third-order valence-corrected chi connectivity index (χ3v) is 9.31. The summed E-state index contributed by atoms with van der Waals surface area (Å²) < 4.78 is 31.5. The summed E-state index contributed by atoms with van der Waals surface area (Å²) in [6.45, 7) is 3.82. The Hall–Kier alpha value is -4.00. The van der Waals surface area contributed by atoms with E-state index in [2.05, 4.69) is 35.5 Å². The summed E-state index contributed by atoms with van der Waals surface area (Å²) in [6.07, 6.45) is 7.02. The molecule has 1 atom stereocenters. The molecule has 208 valence electrons. The van der Waals surface area contributed by atoms with Crippen LogP contribution in [-0.2, 0) is 16.4 Å². The first kappa shape index (κ1) is 26.2. The number of pyridine rings is 1. The van der Waals surface area contributed by atoms with Crippen molar-refractivity contribution in [1.82, 2.24) is 34.7 Å². The lowest BCUT2D eigenvalue weighted by Gasteiger charge is -2.19. The minimum absolute atomic E-state index is 0.000722. The standard InChI is InChI=1S/C27H30N8O4S/c1-4-40(37,38)19-10-9-18(28-13-19)12-29-25-27(36)35(15(2)16-5-6-16)21-11-20(33-34-24(21)32-25)22-23(17-7-8-17)30-14-31-26(22)39-3/h9-11,13-17H,4-8,12H2,1-3H3,(H,29,32,34). The molecule has 0 saturated heterocycles. The zero-order chi connectivity index (χ0) is 28.0. The zero-order valence-corrected chi connectivity index (χ0v) is 23.3. The predicted octanol–water partition coefficient (Wildman–Crippen LogP) is 3.30. The highest BCUT2D eigenvalue weighted by Gasteiger charge is 2.33. The lowest BCUT2D eigenvalue weighted by Crippen LogP contribution is -2.29. The van der Waals surface area contributed by atoms with Gasteiger partial charge in [-0.1, -0.05) is 6.92 Å². The van der Waals surface area contributed by atoms with Crippen molar-refractivity contribution in [3.8, 4) is 17.1 Å². The summed E-state index contributed by atoms with van der Waals surface area (Å²) in [7, 11) is -1.78. The fraction of sp³-hybridized carbons (Fsp3) is 0.444. The van der Waals surface area contributed by atoms with Crippen LogP contribution < -0.4 is 15.6 Å². The Morgan fingerprint density at radius 1 is 1.12 bits per heavy atom. The van der Waals surface area contributed by atoms with Gasteiger partial charge in [-0.3, -0.25) is 14.3 Å². The zero-order valence-electron chi connectivity index (χ0n) is 22.5. The van der Waals surface area contributed by atoms with E-state index in [-0.39, 0.29) is 34.6 Å². The second-order valence-corrected chi connectivity index (χ2v) is 12.6. The Labute approximate surface area is 231 Å². The van der Waals surface area contributed by atoms with Crippen LogP contribution in [0.1, 0.15) is 62.9 Å². The van der Waals surface area contributed by atoms with E-state index in [1.807, 2.05) is 13.0 Å². The van der Waals surface area contributed by atoms with Crippen molar-refractivity contribution in [2.24, 2.45) is 5.92 Å². The highest BCUT2D eigenvalue weighted by atomic mass is 32.2. The monoisotopic (exact) mass is 562 g/mol. The first-order valence-corrected chi connectivity index (χ1v) is 15.1. The maximum Gasteiger partial charge on any atom is 0.294 e. The van der Waals surface area contributed by atoms with Crippen molar-refractivity contribution in [2.75, 3.05) is 18.2 Å². The van der Waals surface area contributed by atoms with Gasteiger partial charge in [-0.2, -0.15) is 0 Å². The van der Waals surface area contributed by atoms with E-state index in [0.717, 1.165) is 31.4 Å². The normalized spacial score (nSPS) is 16.2. The third kappa shape index (κ3) is 4.89. The Morgan fingerprint density at radius 2 is 1.93 bits per heavy atom. The van der Waals surface area contributed by atoms with E-state index in [1.165, 1.54) is 18.6 Å². The molecule has 13 heteroatoms. The molecule has 6 rings (SSSR count). The van der Waals surface area contributed by atoms with Crippen LogP contribution in [-0.4, -0.2) is 56.0 Å². The number of sulfone groups is 1. The van der Waals surface area contributed by atoms with Crippen LogP contribution in [0.15, 0.2) is 40.4 Å². The quantitative estimate of drug-likeness (QED) is 0.303. The fourth-order valence-electron chi connectivity index (χ4n) is 4.93. The van der Waals surface area contributed by atoms with Crippen LogP contribution in [0.3, 0.4) is 0 Å². The Bertz CT molecular complexity index is 1750. The maximum atomic E-state index is 13.8. The average molecular weight is 563 g/mol. The number of methoxy groups -OCH3 is 1. The van der Waals surface area contributed by atoms with Gasteiger partial charge in [-0.15, -0.1) is 10.2 Å². The van der Waals surface area contributed by atoms with Crippen LogP contribution in [0.25, 0.3) is 22.4 Å². The van der Waals surface area contributed by atoms with Gasteiger partial charge in [0.1, 0.15) is 12.0 Å². The second-order valence-electron chi connectivity index (χ2n) is 10.3. The molecular weight excluding hydrogens is 532 g/mol. The van der Waals surface area contributed by atoms with Gasteiger partial charge < -0.3 is 10.1 Å². The molecule has 4 heterocycles. The largest absolute Gasteiger partial charge is 0.480 e. The SMILES string of the molecule is CCS(=O)(=O)c1ccc(CNc2nc3nnc(-c4c(OC)ncnc4C4CC4)cc3n(C(C)C3CC3)c2=O)nc1. The molecule has 40 heavy (non-hydrogen) atoms. The summed E-state index contributed by atoms with van der Waals surface area (Å²) in [4.78, 5) is 31.6. The predicted molar refractivity (Wildman–Crippen MR) is 148 cm³/mol. The molecular formula is C27H30N8O4S. The van der Waals surface area contributed by atoms with Crippen LogP contribution >= 0.6 is 0 Å². The van der Waals surface area contributed by atoms with E-state index >= 15 is 0 Å². The molecule has 2 saturated carbocycles. The van der Waals surface area contributed by atoms with Gasteiger partial charge in [-0.25, -0.2) is 23.4 Å². The van der Waals surface area contributed by atoms with Crippen molar-refractivity contribution in [1.29, 1.82) is 0 Å². The number of hydrogen-bond acceptors (Lipinski definition) is 11. The summed E-state index contributed by atoms with van der Waals surface area (Å²) >= 11 is 0. The number of hydrogen-bond donors (Lipinski definition) is 1. The van der Waals surface area contributed by atoms with Crippen molar-refractivity contribution in [3.05, 3.63) is 52.5 Å². The minimum atomic E-state index is -3.34. The molecule has 4 aromatic heterocycles. The maximum absolute atomic E-state index is 13.8. The van der Waals surface area contributed by atoms with Crippen LogP contribution in [0, 0.1) is 5.92 Å². The lowest BCUT2D eigenvalue weighted by molar-refractivity contribution is 0.397. The Morgan fingerprint density at radius 3 is 2.58 bits per heavy atom. The van der Waals surface area contributed by atoms with Gasteiger partial charge >= 0.3 is 0 Å². The van der Waals surface area contributed by atoms with E-state index < -0.39 is 9.84 Å². The molecule has 0 radical (unpaired) electrons. The molecule has 1 unspecified atom stereocenters. The Balaban J connectivity index is 1.39. The molecule has 4 aromatic rings. The van der Waals surface area contributed by atoms with E-state index in [0.29, 0.717) is 45.8 Å². The number of ether oxygens (including phenoxy) is 1. The summed E-state index contributed by atoms with van der Waals surface area (Å²) in [5, 5.41) is 12.0. The van der Waals surface area contributed by atoms with Crippen molar-refractivity contribution in [2.45, 2.75) is 62.9 Å². The molecule has 0 aliphatic heterocycles. The number of rotatable bonds is 10. The molecule has 2 aliphatic carbocycles. The smallest absolute Gasteiger partial charge is 0.294 e. The van der Waals surface area contributed by atoms with Crippen LogP contribution in [0.4, 0.5) is 5.82 Å². The van der Waals surface area contributed by atoms with Crippen LogP contribution in [0.2, 0.25) is 0 Å². The van der Waals surface area contributed by atoms with Crippen molar-refractivity contribution in [3.63, 3.8) is 0 Å². The fourth-order valence-corrected chi connectivity index (χ4v) is 5.75. The minimum Gasteiger partial charge on any atom is -0.480 e. The van der Waals surface area contributed by atoms with Crippen molar-refractivity contribution < 1.29 is 13.2 Å². The third-order valence-electron chi connectivity index (χ3n) is 7.59. The number of nitrogens with zero attached hydrogens (tertiary/aromatic N) is 7. The molecule has 0 spiro atoms. The summed E-state index contributed by atoms with van der Waals surface area (Å²) in [5.41, 5.74) is 3.33. The van der Waals surface area contributed by atoms with E-state index in [4.69, 9.17) is 4.74 Å². The van der Waals surface area contributed by atoms with Gasteiger partial charge in [0, 0.05) is 18.2 Å². The lowest BCUT2D eigenvalue weighted by atomic mass is 10.1. The van der Waals surface area contributed by atoms with E-state index in [9.17, 15) is 13.2 Å². The number of anilines is 1. The number of fused-ring (bicyclic) bond motifs is 1. The first-order valence-electron chi connectivity index (χ1n) is 13.4. The van der Waals surface area contributed by atoms with Gasteiger partial charge in [0.25, 0.3) is 5.56 Å². The van der Waals surface area contributed by atoms with Gasteiger partial charge in [-0.05, 0) is 56.7 Å². The highest BCUT2D eigenvalue weighted by Crippen LogP contribution is 2.45. The van der Waals surface area contributed by atoms with E-state index in [1.54, 1.807) is 24.7 Å². The molecule has 12 nitrogen and oxygen atoms in total. The summed E-state index contributed by atoms with van der Waals surface area (Å²) in [6, 6.07) is 4.92. The molecule has 1 N–H and O–H groups in total. The molecule has 0 amide bonds. The molecule has 2 aliphatic rings. The van der Waals surface area contributed by atoms with Gasteiger partial charge in [0.05, 0.1) is 46.8 Å². The molecule has 2 fully saturated rings. The number of nitrogens with one attached hydrogen (secondary N) is 1. The van der Waals surface area contributed by atoms with Gasteiger partial charge in [0.2, 0.25) is 11.5 Å². The molecule has 0 bridgehead atoms. The average Bonchev–Trinajstić information content (AvgIpc) is 3.89. The first-order chi connectivity index (χ1) is 19.3. The van der Waals surface area contributed by atoms with Crippen molar-refractivity contribution >= 4 is 26.8 Å². The molecule has 0 aromatic carbocycles. The van der Waals surface area contributed by atoms with Gasteiger partial charge in [0.15, 0.2) is 15.7 Å².